The van der Waals surface area contributed by atoms with Crippen LogP contribution in [0.1, 0.15) is 34.5 Å². The summed E-state index contributed by atoms with van der Waals surface area (Å²) in [5.41, 5.74) is 6.75. The van der Waals surface area contributed by atoms with E-state index in [0.717, 1.165) is 17.8 Å². The third-order valence-electron chi connectivity index (χ3n) is 4.43. The second kappa shape index (κ2) is 7.43. The first-order valence-corrected chi connectivity index (χ1v) is 8.56. The van der Waals surface area contributed by atoms with Crippen LogP contribution in [0, 0.1) is 20.8 Å². The molecule has 4 nitrogen and oxygen atoms in total. The van der Waals surface area contributed by atoms with Gasteiger partial charge in [0.15, 0.2) is 0 Å². The lowest BCUT2D eigenvalue weighted by atomic mass is 9.95. The highest BCUT2D eigenvalue weighted by Gasteiger charge is 2.11. The van der Waals surface area contributed by atoms with Gasteiger partial charge >= 0.3 is 0 Å². The Kier molecular flexibility index (Phi) is 5.08. The van der Waals surface area contributed by atoms with Gasteiger partial charge in [0.1, 0.15) is 11.6 Å². The van der Waals surface area contributed by atoms with Crippen molar-refractivity contribution < 1.29 is 4.79 Å². The van der Waals surface area contributed by atoms with Crippen LogP contribution in [-0.2, 0) is 17.6 Å². The smallest absolute Gasteiger partial charge is 0.140 e. The topological polar surface area (TPSA) is 58.6 Å². The van der Waals surface area contributed by atoms with Crippen molar-refractivity contribution in [2.24, 2.45) is 0 Å². The zero-order valence-electron chi connectivity index (χ0n) is 15.0. The van der Waals surface area contributed by atoms with E-state index in [0.29, 0.717) is 18.7 Å². The Morgan fingerprint density at radius 2 is 1.84 bits per heavy atom. The van der Waals surface area contributed by atoms with Crippen LogP contribution >= 0.6 is 0 Å². The van der Waals surface area contributed by atoms with Crippen molar-refractivity contribution in [3.63, 3.8) is 0 Å². The zero-order chi connectivity index (χ0) is 17.8. The van der Waals surface area contributed by atoms with E-state index in [2.05, 4.69) is 47.9 Å². The third kappa shape index (κ3) is 4.21. The van der Waals surface area contributed by atoms with Crippen LogP contribution in [0.15, 0.2) is 42.7 Å². The number of Topliss-reactive ketones (excluding diaryl/α,β-unsaturated/α-hetero) is 1. The Morgan fingerprint density at radius 1 is 1.08 bits per heavy atom. The quantitative estimate of drug-likeness (QED) is 0.737. The molecule has 3 rings (SSSR count). The summed E-state index contributed by atoms with van der Waals surface area (Å²) in [6.07, 6.45) is 5.12. The number of pyridine rings is 1. The second-order valence-electron chi connectivity index (χ2n) is 6.55. The lowest BCUT2D eigenvalue weighted by Gasteiger charge is -2.10. The summed E-state index contributed by atoms with van der Waals surface area (Å²) in [5, 5.41) is 0. The number of aryl methyl sites for hydroxylation is 3. The highest BCUT2D eigenvalue weighted by molar-refractivity contribution is 5.80. The molecule has 1 N–H and O–H groups in total. The Balaban J connectivity index is 1.61. The van der Waals surface area contributed by atoms with Crippen LogP contribution < -0.4 is 0 Å². The number of imidazole rings is 1. The van der Waals surface area contributed by atoms with E-state index in [-0.39, 0.29) is 5.78 Å². The van der Waals surface area contributed by atoms with Crippen LogP contribution in [0.2, 0.25) is 0 Å². The molecule has 2 aromatic heterocycles. The molecule has 0 aliphatic rings. The molecule has 0 aliphatic carbocycles. The number of hydrogen-bond donors (Lipinski definition) is 1. The van der Waals surface area contributed by atoms with Gasteiger partial charge in [-0.25, -0.2) is 4.98 Å². The van der Waals surface area contributed by atoms with Crippen LogP contribution in [0.3, 0.4) is 0 Å². The Labute approximate surface area is 148 Å². The van der Waals surface area contributed by atoms with Crippen LogP contribution in [0.4, 0.5) is 0 Å². The van der Waals surface area contributed by atoms with Gasteiger partial charge in [-0.1, -0.05) is 23.8 Å². The molecule has 0 unspecified atom stereocenters. The van der Waals surface area contributed by atoms with Crippen molar-refractivity contribution in [2.45, 2.75) is 40.0 Å². The standard InChI is InChI=1S/C21H23N3O/c1-14-10-15(2)18(16(3)11-14)8-7-17(25)12-21-23-13-20(24-21)19-6-4-5-9-22-19/h4-6,9-11,13H,7-8,12H2,1-3H3,(H,23,24). The SMILES string of the molecule is Cc1cc(C)c(CCC(=O)Cc2ncc(-c3ccccn3)[nH]2)c(C)c1. The predicted octanol–water partition coefficient (Wildman–Crippen LogP) is 4.14. The molecule has 1 aromatic carbocycles. The van der Waals surface area contributed by atoms with E-state index in [1.807, 2.05) is 18.2 Å². The number of H-pyrrole nitrogens is 1. The van der Waals surface area contributed by atoms with Gasteiger partial charge in [0, 0.05) is 12.6 Å². The first-order valence-electron chi connectivity index (χ1n) is 8.56. The van der Waals surface area contributed by atoms with Crippen molar-refractivity contribution in [1.82, 2.24) is 15.0 Å². The minimum Gasteiger partial charge on any atom is -0.340 e. The van der Waals surface area contributed by atoms with E-state index in [1.54, 1.807) is 12.4 Å². The maximum absolute atomic E-state index is 12.3. The van der Waals surface area contributed by atoms with Gasteiger partial charge in [0.2, 0.25) is 0 Å². The Bertz CT molecular complexity index is 858. The summed E-state index contributed by atoms with van der Waals surface area (Å²) in [5.74, 6) is 0.893. The maximum Gasteiger partial charge on any atom is 0.140 e. The molecular weight excluding hydrogens is 310 g/mol. The molecule has 3 aromatic rings. The van der Waals surface area contributed by atoms with Crippen molar-refractivity contribution in [3.05, 3.63) is 70.8 Å². The number of aromatic nitrogens is 3. The summed E-state index contributed by atoms with van der Waals surface area (Å²) in [7, 11) is 0. The van der Waals surface area contributed by atoms with E-state index in [1.165, 1.54) is 22.3 Å². The van der Waals surface area contributed by atoms with Crippen LogP contribution in [0.25, 0.3) is 11.4 Å². The number of rotatable bonds is 6. The number of nitrogens with zero attached hydrogens (tertiary/aromatic N) is 2. The molecule has 0 saturated carbocycles. The molecule has 128 valence electrons. The fourth-order valence-electron chi connectivity index (χ4n) is 3.25. The normalized spacial score (nSPS) is 10.8. The van der Waals surface area contributed by atoms with Crippen LogP contribution in [0.5, 0.6) is 0 Å². The molecule has 0 bridgehead atoms. The fraction of sp³-hybridized carbons (Fsp3) is 0.286. The van der Waals surface area contributed by atoms with Gasteiger partial charge in [-0.15, -0.1) is 0 Å². The number of carbonyl (C=O) groups is 1. The number of hydrogen-bond acceptors (Lipinski definition) is 3. The number of aromatic amines is 1. The molecule has 25 heavy (non-hydrogen) atoms. The number of nitrogens with one attached hydrogen (secondary N) is 1. The molecule has 0 amide bonds. The first kappa shape index (κ1) is 17.1. The van der Waals surface area contributed by atoms with Gasteiger partial charge < -0.3 is 4.98 Å². The van der Waals surface area contributed by atoms with E-state index >= 15 is 0 Å². The number of carbonyl (C=O) groups excluding carboxylic acids is 1. The predicted molar refractivity (Wildman–Crippen MR) is 99.5 cm³/mol. The highest BCUT2D eigenvalue weighted by Crippen LogP contribution is 2.19. The minimum absolute atomic E-state index is 0.196. The Morgan fingerprint density at radius 3 is 2.52 bits per heavy atom. The first-order chi connectivity index (χ1) is 12.0. The number of benzene rings is 1. The average molecular weight is 333 g/mol. The Hall–Kier alpha value is -2.75. The molecule has 0 saturated heterocycles. The lowest BCUT2D eigenvalue weighted by Crippen LogP contribution is -2.07. The largest absolute Gasteiger partial charge is 0.340 e. The van der Waals surface area contributed by atoms with Crippen LogP contribution in [-0.4, -0.2) is 20.7 Å². The maximum atomic E-state index is 12.3. The zero-order valence-corrected chi connectivity index (χ0v) is 15.0. The van der Waals surface area contributed by atoms with E-state index in [4.69, 9.17) is 0 Å². The second-order valence-corrected chi connectivity index (χ2v) is 6.55. The average Bonchev–Trinajstić information content (AvgIpc) is 3.03. The van der Waals surface area contributed by atoms with Gasteiger partial charge in [-0.3, -0.25) is 9.78 Å². The van der Waals surface area contributed by atoms with Gasteiger partial charge in [-0.05, 0) is 56.0 Å². The molecule has 0 atom stereocenters. The summed E-state index contributed by atoms with van der Waals surface area (Å²) in [4.78, 5) is 24.1. The molecule has 0 radical (unpaired) electrons. The van der Waals surface area contributed by atoms with Gasteiger partial charge in [-0.2, -0.15) is 0 Å². The highest BCUT2D eigenvalue weighted by atomic mass is 16.1. The van der Waals surface area contributed by atoms with Crippen molar-refractivity contribution in [3.8, 4) is 11.4 Å². The summed E-state index contributed by atoms with van der Waals surface area (Å²) < 4.78 is 0. The molecule has 4 heteroatoms. The van der Waals surface area contributed by atoms with Crippen molar-refractivity contribution in [2.75, 3.05) is 0 Å². The van der Waals surface area contributed by atoms with Crippen molar-refractivity contribution >= 4 is 5.78 Å². The van der Waals surface area contributed by atoms with E-state index in [9.17, 15) is 4.79 Å². The molecule has 0 aliphatic heterocycles. The third-order valence-corrected chi connectivity index (χ3v) is 4.43. The molecule has 0 spiro atoms. The fourth-order valence-corrected chi connectivity index (χ4v) is 3.25. The number of ketones is 1. The molecular formula is C21H23N3O. The minimum atomic E-state index is 0.196. The summed E-state index contributed by atoms with van der Waals surface area (Å²) in [6.45, 7) is 6.34. The van der Waals surface area contributed by atoms with Gasteiger partial charge in [0.25, 0.3) is 0 Å². The van der Waals surface area contributed by atoms with E-state index < -0.39 is 0 Å². The summed E-state index contributed by atoms with van der Waals surface area (Å²) in [6, 6.07) is 10.1. The van der Waals surface area contributed by atoms with Crippen molar-refractivity contribution in [1.29, 1.82) is 0 Å². The lowest BCUT2D eigenvalue weighted by molar-refractivity contribution is -0.118. The summed E-state index contributed by atoms with van der Waals surface area (Å²) >= 11 is 0. The molecule has 0 fully saturated rings. The monoisotopic (exact) mass is 333 g/mol. The molecule has 2 heterocycles. The van der Waals surface area contributed by atoms with Gasteiger partial charge in [0.05, 0.1) is 24.0 Å².